The molecule has 0 aliphatic carbocycles. The van der Waals surface area contributed by atoms with Gasteiger partial charge in [-0.15, -0.1) is 0 Å². The summed E-state index contributed by atoms with van der Waals surface area (Å²) in [6.07, 6.45) is 1.31. The van der Waals surface area contributed by atoms with E-state index in [1.54, 1.807) is 60.7 Å². The van der Waals surface area contributed by atoms with Crippen molar-refractivity contribution >= 4 is 44.1 Å². The minimum absolute atomic E-state index is 0.00111. The van der Waals surface area contributed by atoms with Gasteiger partial charge >= 0.3 is 0 Å². The van der Waals surface area contributed by atoms with Crippen LogP contribution in [0.3, 0.4) is 0 Å². The molecular weight excluding hydrogens is 476 g/mol. The van der Waals surface area contributed by atoms with E-state index in [-0.39, 0.29) is 28.3 Å². The van der Waals surface area contributed by atoms with Crippen molar-refractivity contribution in [2.75, 3.05) is 18.1 Å². The van der Waals surface area contributed by atoms with Crippen LogP contribution < -0.4 is 20.5 Å². The second-order valence-corrected chi connectivity index (χ2v) is 9.49. The van der Waals surface area contributed by atoms with E-state index in [9.17, 15) is 13.2 Å². The van der Waals surface area contributed by atoms with Crippen molar-refractivity contribution in [3.63, 3.8) is 0 Å². The van der Waals surface area contributed by atoms with Gasteiger partial charge in [-0.2, -0.15) is 0 Å². The van der Waals surface area contributed by atoms with E-state index in [2.05, 4.69) is 0 Å². The van der Waals surface area contributed by atoms with Crippen LogP contribution in [0.1, 0.15) is 11.1 Å². The molecule has 4 rings (SSSR count). The molecule has 0 bridgehead atoms. The highest BCUT2D eigenvalue weighted by molar-refractivity contribution is 7.89. The van der Waals surface area contributed by atoms with E-state index in [0.717, 1.165) is 0 Å². The number of nitrogens with two attached hydrogens (primary N) is 2. The maximum absolute atomic E-state index is 13.1. The Morgan fingerprint density at radius 2 is 1.79 bits per heavy atom. The summed E-state index contributed by atoms with van der Waals surface area (Å²) in [7, 11) is -3.92. The lowest BCUT2D eigenvalue weighted by Crippen LogP contribution is -2.37. The van der Waals surface area contributed by atoms with E-state index in [1.165, 1.54) is 17.0 Å². The molecule has 0 aromatic heterocycles. The van der Waals surface area contributed by atoms with Gasteiger partial charge in [0.2, 0.25) is 10.0 Å². The molecular formula is C24H21ClN4O4S. The Hall–Kier alpha value is -3.66. The zero-order valence-corrected chi connectivity index (χ0v) is 19.4. The van der Waals surface area contributed by atoms with Crippen molar-refractivity contribution in [3.05, 3.63) is 83.9 Å². The zero-order valence-electron chi connectivity index (χ0n) is 17.9. The molecule has 1 aliphatic rings. The van der Waals surface area contributed by atoms with Crippen LogP contribution in [0.5, 0.6) is 5.75 Å². The number of sulfonamides is 1. The summed E-state index contributed by atoms with van der Waals surface area (Å²) in [5.41, 5.74) is 8.16. The monoisotopic (exact) mass is 496 g/mol. The fourth-order valence-corrected chi connectivity index (χ4v) is 4.65. The predicted molar refractivity (Wildman–Crippen MR) is 132 cm³/mol. The van der Waals surface area contributed by atoms with Crippen molar-refractivity contribution in [1.82, 2.24) is 0 Å². The molecule has 0 spiro atoms. The highest BCUT2D eigenvalue weighted by Gasteiger charge is 2.24. The molecule has 0 radical (unpaired) electrons. The number of fused-ring (bicyclic) bond motifs is 1. The zero-order chi connectivity index (χ0) is 24.5. The second-order valence-electron chi connectivity index (χ2n) is 7.55. The standard InChI is InChI=1S/C24H21ClN4O4S/c25-19(16-4-3-5-17(12-16)24(26)27)14-23(30)29-10-11-33-21-13-15(8-9-20(21)29)18-6-1-2-7-22(18)34(28,31)32/h1-9,12-14H,10-11H2,(H3,26,27)(H2,28,31,32)/b19-14-. The lowest BCUT2D eigenvalue weighted by atomic mass is 10.0. The highest BCUT2D eigenvalue weighted by Crippen LogP contribution is 2.37. The number of nitrogens with zero attached hydrogens (tertiary/aromatic N) is 1. The lowest BCUT2D eigenvalue weighted by Gasteiger charge is -2.29. The van der Waals surface area contributed by atoms with Crippen molar-refractivity contribution in [2.45, 2.75) is 4.90 Å². The number of hydrogen-bond donors (Lipinski definition) is 3. The maximum Gasteiger partial charge on any atom is 0.252 e. The van der Waals surface area contributed by atoms with Crippen LogP contribution in [0.4, 0.5) is 5.69 Å². The van der Waals surface area contributed by atoms with Crippen LogP contribution >= 0.6 is 11.6 Å². The summed E-state index contributed by atoms with van der Waals surface area (Å²) < 4.78 is 29.7. The number of amidine groups is 1. The number of anilines is 1. The topological polar surface area (TPSA) is 140 Å². The fourth-order valence-electron chi connectivity index (χ4n) is 3.67. The molecule has 0 fully saturated rings. The summed E-state index contributed by atoms with van der Waals surface area (Å²) in [5, 5.41) is 13.1. The number of rotatable bonds is 5. The van der Waals surface area contributed by atoms with Crippen LogP contribution in [-0.2, 0) is 14.8 Å². The molecule has 0 unspecified atom stereocenters. The molecule has 8 nitrogen and oxygen atoms in total. The van der Waals surface area contributed by atoms with Gasteiger partial charge < -0.3 is 15.4 Å². The number of carbonyl (C=O) groups is 1. The van der Waals surface area contributed by atoms with Crippen molar-refractivity contribution in [3.8, 4) is 16.9 Å². The molecule has 0 saturated carbocycles. The number of amides is 1. The van der Waals surface area contributed by atoms with Crippen molar-refractivity contribution in [2.24, 2.45) is 10.9 Å². The summed E-state index contributed by atoms with van der Waals surface area (Å²) >= 11 is 6.39. The molecule has 1 amide bonds. The third-order valence-corrected chi connectivity index (χ3v) is 6.59. The van der Waals surface area contributed by atoms with Crippen molar-refractivity contribution < 1.29 is 17.9 Å². The minimum atomic E-state index is -3.92. The first-order valence-electron chi connectivity index (χ1n) is 10.2. The first kappa shape index (κ1) is 23.5. The summed E-state index contributed by atoms with van der Waals surface area (Å²) in [6, 6.07) is 18.2. The number of ether oxygens (including phenoxy) is 1. The Morgan fingerprint density at radius 3 is 2.53 bits per heavy atom. The number of nitrogen functional groups attached to an aromatic ring is 1. The van der Waals surface area contributed by atoms with E-state index in [1.807, 2.05) is 0 Å². The van der Waals surface area contributed by atoms with E-state index in [0.29, 0.717) is 40.2 Å². The molecule has 34 heavy (non-hydrogen) atoms. The molecule has 1 heterocycles. The van der Waals surface area contributed by atoms with Crippen LogP contribution in [0.2, 0.25) is 0 Å². The second kappa shape index (κ2) is 9.30. The molecule has 1 aliphatic heterocycles. The quantitative estimate of drug-likeness (QED) is 0.282. The molecule has 10 heteroatoms. The Bertz CT molecular complexity index is 1440. The van der Waals surface area contributed by atoms with Gasteiger partial charge in [0.15, 0.2) is 0 Å². The Kier molecular flexibility index (Phi) is 6.43. The summed E-state index contributed by atoms with van der Waals surface area (Å²) in [5.74, 6) is -0.00977. The molecule has 5 N–H and O–H groups in total. The Labute approximate surface area is 202 Å². The number of primary sulfonamides is 1. The van der Waals surface area contributed by atoms with Crippen LogP contribution in [0.25, 0.3) is 16.2 Å². The summed E-state index contributed by atoms with van der Waals surface area (Å²) in [4.78, 5) is 14.6. The molecule has 0 atom stereocenters. The van der Waals surface area contributed by atoms with Gasteiger partial charge in [-0.05, 0) is 35.4 Å². The number of halogens is 1. The van der Waals surface area contributed by atoms with E-state index >= 15 is 0 Å². The number of nitrogens with one attached hydrogen (secondary N) is 1. The molecule has 3 aromatic rings. The lowest BCUT2D eigenvalue weighted by molar-refractivity contribution is -0.114. The number of benzene rings is 3. The van der Waals surface area contributed by atoms with Gasteiger partial charge in [0.05, 0.1) is 22.2 Å². The smallest absolute Gasteiger partial charge is 0.252 e. The maximum atomic E-state index is 13.1. The molecule has 3 aromatic carbocycles. The first-order valence-corrected chi connectivity index (χ1v) is 12.1. The first-order chi connectivity index (χ1) is 16.1. The van der Waals surface area contributed by atoms with Crippen LogP contribution in [0.15, 0.2) is 77.7 Å². The predicted octanol–water partition coefficient (Wildman–Crippen LogP) is 3.29. The SMILES string of the molecule is N=C(N)c1cccc(/C(Cl)=C/C(=O)N2CCOc3cc(-c4ccccc4S(N)(=O)=O)ccc32)c1. The average Bonchev–Trinajstić information content (AvgIpc) is 2.82. The summed E-state index contributed by atoms with van der Waals surface area (Å²) in [6.45, 7) is 0.567. The third kappa shape index (κ3) is 4.81. The normalized spacial score (nSPS) is 13.7. The van der Waals surface area contributed by atoms with Crippen LogP contribution in [-0.4, -0.2) is 33.3 Å². The third-order valence-electron chi connectivity index (χ3n) is 5.29. The van der Waals surface area contributed by atoms with Gasteiger partial charge in [0.1, 0.15) is 18.2 Å². The number of hydrogen-bond acceptors (Lipinski definition) is 5. The van der Waals surface area contributed by atoms with Gasteiger partial charge in [0.25, 0.3) is 5.91 Å². The van der Waals surface area contributed by atoms with E-state index in [4.69, 9.17) is 32.6 Å². The van der Waals surface area contributed by atoms with Gasteiger partial charge in [0, 0.05) is 17.2 Å². The fraction of sp³-hybridized carbons (Fsp3) is 0.0833. The highest BCUT2D eigenvalue weighted by atomic mass is 35.5. The number of carbonyl (C=O) groups excluding carboxylic acids is 1. The minimum Gasteiger partial charge on any atom is -0.490 e. The van der Waals surface area contributed by atoms with Gasteiger partial charge in [-0.25, -0.2) is 13.6 Å². The molecule has 0 saturated heterocycles. The van der Waals surface area contributed by atoms with Crippen molar-refractivity contribution in [1.29, 1.82) is 5.41 Å². The van der Waals surface area contributed by atoms with Crippen LogP contribution in [0, 0.1) is 5.41 Å². The largest absolute Gasteiger partial charge is 0.490 e. The van der Waals surface area contributed by atoms with Gasteiger partial charge in [-0.3, -0.25) is 10.2 Å². The van der Waals surface area contributed by atoms with Gasteiger partial charge in [-0.1, -0.05) is 54.1 Å². The van der Waals surface area contributed by atoms with E-state index < -0.39 is 10.0 Å². The Balaban J connectivity index is 1.66. The average molecular weight is 497 g/mol. The molecule has 174 valence electrons. The Morgan fingerprint density at radius 1 is 1.06 bits per heavy atom.